The minimum absolute atomic E-state index is 0.0620. The van der Waals surface area contributed by atoms with Crippen molar-refractivity contribution in [3.63, 3.8) is 0 Å². The van der Waals surface area contributed by atoms with Crippen LogP contribution in [0, 0.1) is 0 Å². The summed E-state index contributed by atoms with van der Waals surface area (Å²) in [6, 6.07) is 11.2. The molecule has 0 radical (unpaired) electrons. The average Bonchev–Trinajstić information content (AvgIpc) is 2.68. The summed E-state index contributed by atoms with van der Waals surface area (Å²) in [5.74, 6) is -0.511. The first kappa shape index (κ1) is 21.8. The van der Waals surface area contributed by atoms with Gasteiger partial charge in [0.05, 0.1) is 10.4 Å². The molecular weight excluding hydrogens is 475 g/mol. The van der Waals surface area contributed by atoms with E-state index in [9.17, 15) is 26.4 Å². The minimum Gasteiger partial charge on any atom is -0.381 e. The molecular formula is C19H17BrF3NO4S. The van der Waals surface area contributed by atoms with E-state index in [1.54, 1.807) is 0 Å². The third-order valence-corrected chi connectivity index (χ3v) is 6.80. The van der Waals surface area contributed by atoms with Crippen molar-refractivity contribution in [2.24, 2.45) is 0 Å². The predicted octanol–water partition coefficient (Wildman–Crippen LogP) is 4.18. The van der Waals surface area contributed by atoms with E-state index < -0.39 is 31.7 Å². The molecule has 0 spiro atoms. The zero-order chi connectivity index (χ0) is 21.3. The van der Waals surface area contributed by atoms with Gasteiger partial charge in [-0.25, -0.2) is 8.42 Å². The number of ether oxygens (including phenoxy) is 1. The van der Waals surface area contributed by atoms with Crippen LogP contribution in [0.5, 0.6) is 0 Å². The Balaban J connectivity index is 1.87. The molecule has 1 amide bonds. The summed E-state index contributed by atoms with van der Waals surface area (Å²) >= 11 is 3.41. The van der Waals surface area contributed by atoms with Crippen LogP contribution in [0.15, 0.2) is 57.9 Å². The highest BCUT2D eigenvalue weighted by atomic mass is 79.9. The second-order valence-electron chi connectivity index (χ2n) is 6.63. The van der Waals surface area contributed by atoms with Gasteiger partial charge in [-0.05, 0) is 54.8 Å². The van der Waals surface area contributed by atoms with Gasteiger partial charge < -0.3 is 10.1 Å². The van der Waals surface area contributed by atoms with Crippen LogP contribution >= 0.6 is 15.9 Å². The molecule has 1 aliphatic heterocycles. The van der Waals surface area contributed by atoms with Gasteiger partial charge in [-0.2, -0.15) is 13.2 Å². The maximum absolute atomic E-state index is 12.8. The molecule has 10 heteroatoms. The topological polar surface area (TPSA) is 72.5 Å². The Morgan fingerprint density at radius 2 is 1.69 bits per heavy atom. The monoisotopic (exact) mass is 491 g/mol. The number of rotatable bonds is 4. The quantitative estimate of drug-likeness (QED) is 0.696. The van der Waals surface area contributed by atoms with Gasteiger partial charge in [-0.15, -0.1) is 0 Å². The van der Waals surface area contributed by atoms with Gasteiger partial charge in [-0.3, -0.25) is 4.79 Å². The summed E-state index contributed by atoms with van der Waals surface area (Å²) in [5.41, 5.74) is -5.16. The summed E-state index contributed by atoms with van der Waals surface area (Å²) in [4.78, 5) is 11.9. The third kappa shape index (κ3) is 4.49. The first-order valence-electron chi connectivity index (χ1n) is 8.63. The van der Waals surface area contributed by atoms with Crippen molar-refractivity contribution in [2.75, 3.05) is 13.2 Å². The van der Waals surface area contributed by atoms with E-state index in [2.05, 4.69) is 21.2 Å². The number of sulfone groups is 1. The fraction of sp³-hybridized carbons (Fsp3) is 0.316. The smallest absolute Gasteiger partial charge is 0.381 e. The highest BCUT2D eigenvalue weighted by molar-refractivity contribution is 9.10. The maximum atomic E-state index is 12.8. The predicted molar refractivity (Wildman–Crippen MR) is 103 cm³/mol. The molecule has 5 nitrogen and oxygen atoms in total. The van der Waals surface area contributed by atoms with Crippen molar-refractivity contribution in [3.8, 4) is 0 Å². The first-order chi connectivity index (χ1) is 13.6. The molecule has 156 valence electrons. The summed E-state index contributed by atoms with van der Waals surface area (Å²) in [5, 5.41) is 2.97. The number of halogens is 4. The van der Waals surface area contributed by atoms with Crippen LogP contribution < -0.4 is 5.32 Å². The van der Waals surface area contributed by atoms with Crippen molar-refractivity contribution in [3.05, 3.63) is 64.1 Å². The molecule has 29 heavy (non-hydrogen) atoms. The lowest BCUT2D eigenvalue weighted by atomic mass is 9.82. The second kappa shape index (κ2) is 8.08. The Kier molecular flexibility index (Phi) is 6.07. The van der Waals surface area contributed by atoms with Crippen LogP contribution in [0.2, 0.25) is 0 Å². The van der Waals surface area contributed by atoms with E-state index in [0.717, 1.165) is 34.3 Å². The van der Waals surface area contributed by atoms with Gasteiger partial charge in [0.1, 0.15) is 0 Å². The largest absolute Gasteiger partial charge is 0.501 e. The standard InChI is InChI=1S/C19H17BrF3NO4S/c20-15-3-1-2-14(12-15)18(8-10-28-11-9-18)24-17(25)13-4-6-16(7-5-13)29(26,27)19(21,22)23/h1-7,12H,8-11H2,(H,24,25). The van der Waals surface area contributed by atoms with E-state index >= 15 is 0 Å². The van der Waals surface area contributed by atoms with Crippen molar-refractivity contribution < 1.29 is 31.1 Å². The molecule has 0 aromatic heterocycles. The van der Waals surface area contributed by atoms with E-state index in [4.69, 9.17) is 4.74 Å². The Hall–Kier alpha value is -1.91. The van der Waals surface area contributed by atoms with Crippen LogP contribution in [0.3, 0.4) is 0 Å². The van der Waals surface area contributed by atoms with Crippen molar-refractivity contribution in [2.45, 2.75) is 28.8 Å². The Morgan fingerprint density at radius 3 is 2.24 bits per heavy atom. The Labute approximate surface area is 174 Å². The van der Waals surface area contributed by atoms with Crippen LogP contribution in [-0.4, -0.2) is 33.0 Å². The lowest BCUT2D eigenvalue weighted by Crippen LogP contribution is -2.49. The Morgan fingerprint density at radius 1 is 1.07 bits per heavy atom. The van der Waals surface area contributed by atoms with Crippen molar-refractivity contribution in [1.82, 2.24) is 5.32 Å². The molecule has 0 unspecified atom stereocenters. The lowest BCUT2D eigenvalue weighted by Gasteiger charge is -2.38. The van der Waals surface area contributed by atoms with E-state index in [-0.39, 0.29) is 5.56 Å². The number of hydrogen-bond donors (Lipinski definition) is 1. The zero-order valence-electron chi connectivity index (χ0n) is 15.0. The molecule has 0 aliphatic carbocycles. The van der Waals surface area contributed by atoms with Crippen molar-refractivity contribution >= 4 is 31.7 Å². The number of benzene rings is 2. The lowest BCUT2D eigenvalue weighted by molar-refractivity contribution is -0.0436. The van der Waals surface area contributed by atoms with Gasteiger partial charge in [-0.1, -0.05) is 28.1 Å². The molecule has 0 saturated carbocycles. The molecule has 2 aromatic carbocycles. The minimum atomic E-state index is -5.46. The third-order valence-electron chi connectivity index (χ3n) is 4.81. The summed E-state index contributed by atoms with van der Waals surface area (Å²) in [6.45, 7) is 0.880. The number of nitrogens with one attached hydrogen (secondary N) is 1. The van der Waals surface area contributed by atoms with Gasteiger partial charge in [0.2, 0.25) is 0 Å². The van der Waals surface area contributed by atoms with E-state index in [0.29, 0.717) is 26.1 Å². The molecule has 2 aromatic rings. The second-order valence-corrected chi connectivity index (χ2v) is 9.49. The zero-order valence-corrected chi connectivity index (χ0v) is 17.4. The van der Waals surface area contributed by atoms with Crippen LogP contribution in [-0.2, 0) is 20.1 Å². The number of hydrogen-bond acceptors (Lipinski definition) is 4. The average molecular weight is 492 g/mol. The molecule has 3 rings (SSSR count). The normalized spacial score (nSPS) is 17.0. The fourth-order valence-corrected chi connectivity index (χ4v) is 4.36. The number of carbonyl (C=O) groups is 1. The van der Waals surface area contributed by atoms with Gasteiger partial charge in [0.25, 0.3) is 15.7 Å². The molecule has 1 saturated heterocycles. The van der Waals surface area contributed by atoms with Crippen LogP contribution in [0.25, 0.3) is 0 Å². The molecule has 1 fully saturated rings. The van der Waals surface area contributed by atoms with E-state index in [1.807, 2.05) is 24.3 Å². The van der Waals surface area contributed by atoms with Crippen LogP contribution in [0.1, 0.15) is 28.8 Å². The fourth-order valence-electron chi connectivity index (χ4n) is 3.20. The molecule has 1 N–H and O–H groups in total. The van der Waals surface area contributed by atoms with Gasteiger partial charge in [0.15, 0.2) is 0 Å². The SMILES string of the molecule is O=C(NC1(c2cccc(Br)c2)CCOCC1)c1ccc(S(=O)(=O)C(F)(F)F)cc1. The summed E-state index contributed by atoms with van der Waals surface area (Å²) < 4.78 is 67.2. The highest BCUT2D eigenvalue weighted by Crippen LogP contribution is 2.34. The number of alkyl halides is 3. The Bertz CT molecular complexity index is 1000. The molecule has 1 aliphatic rings. The number of carbonyl (C=O) groups excluding carboxylic acids is 1. The number of amides is 1. The van der Waals surface area contributed by atoms with E-state index in [1.165, 1.54) is 0 Å². The molecule has 0 atom stereocenters. The summed E-state index contributed by atoms with van der Waals surface area (Å²) in [7, 11) is -5.46. The van der Waals surface area contributed by atoms with Crippen molar-refractivity contribution in [1.29, 1.82) is 0 Å². The van der Waals surface area contributed by atoms with Gasteiger partial charge >= 0.3 is 5.51 Å². The maximum Gasteiger partial charge on any atom is 0.501 e. The van der Waals surface area contributed by atoms with Gasteiger partial charge in [0, 0.05) is 23.2 Å². The summed E-state index contributed by atoms with van der Waals surface area (Å²) in [6.07, 6.45) is 1.05. The van der Waals surface area contributed by atoms with Crippen LogP contribution in [0.4, 0.5) is 13.2 Å². The first-order valence-corrected chi connectivity index (χ1v) is 10.9. The molecule has 0 bridgehead atoms. The molecule has 1 heterocycles. The highest BCUT2D eigenvalue weighted by Gasteiger charge is 2.46.